The van der Waals surface area contributed by atoms with Crippen LogP contribution in [0.5, 0.6) is 11.5 Å². The van der Waals surface area contributed by atoms with E-state index in [0.717, 1.165) is 6.42 Å². The number of carbonyl (C=O) groups excluding carboxylic acids is 2. The highest BCUT2D eigenvalue weighted by molar-refractivity contribution is 5.91. The number of nitrogens with zero attached hydrogens (tertiary/aromatic N) is 1. The van der Waals surface area contributed by atoms with E-state index in [1.54, 1.807) is 19.2 Å². The van der Waals surface area contributed by atoms with Gasteiger partial charge < -0.3 is 14.8 Å². The van der Waals surface area contributed by atoms with Crippen molar-refractivity contribution in [2.75, 3.05) is 7.11 Å². The van der Waals surface area contributed by atoms with Gasteiger partial charge in [0.15, 0.2) is 23.7 Å². The minimum absolute atomic E-state index is 0.0228. The summed E-state index contributed by atoms with van der Waals surface area (Å²) in [5.74, 6) is 1.20. The molecule has 122 valence electrons. The van der Waals surface area contributed by atoms with Crippen LogP contribution in [0.3, 0.4) is 0 Å². The van der Waals surface area contributed by atoms with E-state index < -0.39 is 0 Å². The minimum atomic E-state index is -0.388. The standard InChI is InChI=1S/C17H20N2O4/c1-22-14-4-2-3-5-15(14)23-10-18-13-8-7-12-11(17(13)21)6-9-16(20)19-12/h2-5,10-13H,6-9H2,1H3,(H,19,20). The maximum absolute atomic E-state index is 12.5. The average Bonchev–Trinajstić information content (AvgIpc) is 2.57. The summed E-state index contributed by atoms with van der Waals surface area (Å²) in [5.41, 5.74) is 0. The van der Waals surface area contributed by atoms with Crippen LogP contribution >= 0.6 is 0 Å². The van der Waals surface area contributed by atoms with Crippen molar-refractivity contribution in [3.8, 4) is 11.5 Å². The number of para-hydroxylation sites is 2. The van der Waals surface area contributed by atoms with E-state index in [2.05, 4.69) is 10.3 Å². The van der Waals surface area contributed by atoms with Crippen LogP contribution in [0.25, 0.3) is 0 Å². The number of rotatable bonds is 4. The lowest BCUT2D eigenvalue weighted by atomic mass is 9.76. The zero-order valence-corrected chi connectivity index (χ0v) is 13.0. The van der Waals surface area contributed by atoms with E-state index in [9.17, 15) is 9.59 Å². The van der Waals surface area contributed by atoms with Crippen LogP contribution in [0, 0.1) is 5.92 Å². The van der Waals surface area contributed by atoms with Gasteiger partial charge >= 0.3 is 0 Å². The zero-order valence-electron chi connectivity index (χ0n) is 13.0. The minimum Gasteiger partial charge on any atom is -0.493 e. The Kier molecular flexibility index (Phi) is 4.60. The normalized spacial score (nSPS) is 27.4. The number of carbonyl (C=O) groups is 2. The maximum atomic E-state index is 12.5. The number of ketones is 1. The van der Waals surface area contributed by atoms with Gasteiger partial charge in [0.25, 0.3) is 0 Å². The molecule has 3 unspecified atom stereocenters. The van der Waals surface area contributed by atoms with Crippen molar-refractivity contribution in [2.24, 2.45) is 10.9 Å². The second kappa shape index (κ2) is 6.81. The summed E-state index contributed by atoms with van der Waals surface area (Å²) >= 11 is 0. The summed E-state index contributed by atoms with van der Waals surface area (Å²) in [7, 11) is 1.57. The fourth-order valence-corrected chi connectivity index (χ4v) is 3.23. The molecule has 1 saturated heterocycles. The molecule has 1 saturated carbocycles. The number of hydrogen-bond acceptors (Lipinski definition) is 5. The number of aliphatic imine (C=N–C) groups is 1. The van der Waals surface area contributed by atoms with Gasteiger partial charge in [-0.1, -0.05) is 12.1 Å². The Bertz CT molecular complexity index is 629. The van der Waals surface area contributed by atoms with Crippen LogP contribution in [0.4, 0.5) is 0 Å². The zero-order chi connectivity index (χ0) is 16.2. The smallest absolute Gasteiger partial charge is 0.220 e. The van der Waals surface area contributed by atoms with Gasteiger partial charge in [-0.25, -0.2) is 4.99 Å². The SMILES string of the molecule is COc1ccccc1OC=NC1CCC2NC(=O)CCC2C1=O. The molecule has 1 aliphatic heterocycles. The second-order valence-corrected chi connectivity index (χ2v) is 5.84. The predicted octanol–water partition coefficient (Wildman–Crippen LogP) is 1.73. The molecule has 3 rings (SSSR count). The number of Topliss-reactive ketones (excluding diaryl/α,β-unsaturated/α-hetero) is 1. The molecular formula is C17H20N2O4. The Morgan fingerprint density at radius 3 is 2.74 bits per heavy atom. The van der Waals surface area contributed by atoms with Crippen molar-refractivity contribution in [3.63, 3.8) is 0 Å². The number of ether oxygens (including phenoxy) is 2. The number of piperidine rings is 1. The first-order valence-electron chi connectivity index (χ1n) is 7.83. The first-order chi connectivity index (χ1) is 11.2. The molecule has 0 bridgehead atoms. The quantitative estimate of drug-likeness (QED) is 0.678. The van der Waals surface area contributed by atoms with Crippen LogP contribution in [0.2, 0.25) is 0 Å². The molecule has 1 N–H and O–H groups in total. The molecule has 0 radical (unpaired) electrons. The third kappa shape index (κ3) is 3.36. The highest BCUT2D eigenvalue weighted by Gasteiger charge is 2.40. The molecule has 6 nitrogen and oxygen atoms in total. The van der Waals surface area contributed by atoms with E-state index in [1.807, 2.05) is 12.1 Å². The molecule has 6 heteroatoms. The first-order valence-corrected chi connectivity index (χ1v) is 7.83. The van der Waals surface area contributed by atoms with Crippen LogP contribution in [0.1, 0.15) is 25.7 Å². The van der Waals surface area contributed by atoms with Gasteiger partial charge in [-0.15, -0.1) is 0 Å². The number of fused-ring (bicyclic) bond motifs is 1. The van der Waals surface area contributed by atoms with Crippen molar-refractivity contribution in [1.29, 1.82) is 0 Å². The van der Waals surface area contributed by atoms with E-state index >= 15 is 0 Å². The number of hydrogen-bond donors (Lipinski definition) is 1. The summed E-state index contributed by atoms with van der Waals surface area (Å²) in [6, 6.07) is 6.86. The van der Waals surface area contributed by atoms with Gasteiger partial charge in [-0.2, -0.15) is 0 Å². The van der Waals surface area contributed by atoms with Crippen LogP contribution in [-0.4, -0.2) is 37.3 Å². The highest BCUT2D eigenvalue weighted by atomic mass is 16.5. The highest BCUT2D eigenvalue weighted by Crippen LogP contribution is 2.30. The number of nitrogens with one attached hydrogen (secondary N) is 1. The summed E-state index contributed by atoms with van der Waals surface area (Å²) in [5, 5.41) is 2.91. The Morgan fingerprint density at radius 2 is 1.96 bits per heavy atom. The molecule has 0 aromatic heterocycles. The second-order valence-electron chi connectivity index (χ2n) is 5.84. The van der Waals surface area contributed by atoms with Crippen molar-refractivity contribution in [2.45, 2.75) is 37.8 Å². The fraction of sp³-hybridized carbons (Fsp3) is 0.471. The van der Waals surface area contributed by atoms with Gasteiger partial charge in [-0.05, 0) is 31.4 Å². The molecule has 1 heterocycles. The topological polar surface area (TPSA) is 77.0 Å². The lowest BCUT2D eigenvalue weighted by molar-refractivity contribution is -0.132. The fourth-order valence-electron chi connectivity index (χ4n) is 3.23. The Morgan fingerprint density at radius 1 is 1.17 bits per heavy atom. The summed E-state index contributed by atoms with van der Waals surface area (Å²) in [6.45, 7) is 0. The number of methoxy groups -OCH3 is 1. The molecule has 1 aromatic carbocycles. The molecule has 1 aliphatic carbocycles. The van der Waals surface area contributed by atoms with Gasteiger partial charge in [-0.3, -0.25) is 9.59 Å². The van der Waals surface area contributed by atoms with Crippen molar-refractivity contribution < 1.29 is 19.1 Å². The Labute approximate surface area is 134 Å². The molecule has 0 spiro atoms. The summed E-state index contributed by atoms with van der Waals surface area (Å²) in [6.07, 6.45) is 3.77. The lowest BCUT2D eigenvalue weighted by Crippen LogP contribution is -2.53. The monoisotopic (exact) mass is 316 g/mol. The summed E-state index contributed by atoms with van der Waals surface area (Å²) < 4.78 is 10.7. The Balaban J connectivity index is 1.62. The van der Waals surface area contributed by atoms with Gasteiger partial charge in [0.05, 0.1) is 7.11 Å². The molecule has 23 heavy (non-hydrogen) atoms. The van der Waals surface area contributed by atoms with E-state index in [-0.39, 0.29) is 29.7 Å². The average molecular weight is 316 g/mol. The number of amides is 1. The van der Waals surface area contributed by atoms with E-state index in [0.29, 0.717) is 30.8 Å². The van der Waals surface area contributed by atoms with E-state index in [1.165, 1.54) is 6.40 Å². The van der Waals surface area contributed by atoms with Crippen molar-refractivity contribution in [1.82, 2.24) is 5.32 Å². The van der Waals surface area contributed by atoms with Crippen molar-refractivity contribution in [3.05, 3.63) is 24.3 Å². The molecule has 1 aromatic rings. The third-order valence-corrected chi connectivity index (χ3v) is 4.45. The predicted molar refractivity (Wildman–Crippen MR) is 84.8 cm³/mol. The third-order valence-electron chi connectivity index (χ3n) is 4.45. The maximum Gasteiger partial charge on any atom is 0.220 e. The molecule has 3 atom stereocenters. The van der Waals surface area contributed by atoms with Gasteiger partial charge in [0.1, 0.15) is 6.04 Å². The van der Waals surface area contributed by atoms with Crippen LogP contribution in [-0.2, 0) is 9.59 Å². The number of benzene rings is 1. The van der Waals surface area contributed by atoms with Crippen LogP contribution < -0.4 is 14.8 Å². The summed E-state index contributed by atoms with van der Waals surface area (Å²) in [4.78, 5) is 28.2. The lowest BCUT2D eigenvalue weighted by Gasteiger charge is -2.36. The molecular weight excluding hydrogens is 296 g/mol. The molecule has 2 fully saturated rings. The first kappa shape index (κ1) is 15.5. The molecule has 2 aliphatic rings. The van der Waals surface area contributed by atoms with Gasteiger partial charge in [0, 0.05) is 18.4 Å². The Hall–Kier alpha value is -2.37. The van der Waals surface area contributed by atoms with Crippen LogP contribution in [0.15, 0.2) is 29.3 Å². The largest absolute Gasteiger partial charge is 0.493 e. The molecule has 1 amide bonds. The van der Waals surface area contributed by atoms with E-state index in [4.69, 9.17) is 9.47 Å². The van der Waals surface area contributed by atoms with Gasteiger partial charge in [0.2, 0.25) is 5.91 Å². The van der Waals surface area contributed by atoms with Crippen molar-refractivity contribution >= 4 is 18.1 Å².